The third-order valence-electron chi connectivity index (χ3n) is 3.30. The Morgan fingerprint density at radius 3 is 2.30 bits per heavy atom. The first-order valence-corrected chi connectivity index (χ1v) is 8.28. The molecule has 0 unspecified atom stereocenters. The smallest absolute Gasteiger partial charge is 0.290 e. The fraction of sp³-hybridized carbons (Fsp3) is 0.200. The van der Waals surface area contributed by atoms with Gasteiger partial charge in [0.2, 0.25) is 0 Å². The number of benzene rings is 2. The highest BCUT2D eigenvalue weighted by Crippen LogP contribution is 2.31. The van der Waals surface area contributed by atoms with E-state index in [9.17, 15) is 23.6 Å². The molecule has 122 valence electrons. The van der Waals surface area contributed by atoms with Crippen LogP contribution in [0.25, 0.3) is 0 Å². The molecule has 0 saturated carbocycles. The summed E-state index contributed by atoms with van der Waals surface area (Å²) in [6.07, 6.45) is 0. The minimum absolute atomic E-state index is 0.00326. The van der Waals surface area contributed by atoms with Gasteiger partial charge in [-0.05, 0) is 49.7 Å². The van der Waals surface area contributed by atoms with Gasteiger partial charge in [0.15, 0.2) is 4.90 Å². The van der Waals surface area contributed by atoms with Crippen LogP contribution in [0.5, 0.6) is 5.75 Å². The number of aryl methyl sites for hydroxylation is 1. The van der Waals surface area contributed by atoms with E-state index in [1.54, 1.807) is 13.8 Å². The van der Waals surface area contributed by atoms with Crippen molar-refractivity contribution in [1.29, 1.82) is 0 Å². The van der Waals surface area contributed by atoms with Gasteiger partial charge < -0.3 is 5.11 Å². The third-order valence-corrected chi connectivity index (χ3v) is 5.25. The van der Waals surface area contributed by atoms with E-state index in [1.807, 2.05) is 0 Å². The van der Waals surface area contributed by atoms with Gasteiger partial charge in [0.25, 0.3) is 15.7 Å². The van der Waals surface area contributed by atoms with Crippen molar-refractivity contribution >= 4 is 21.4 Å². The van der Waals surface area contributed by atoms with E-state index in [0.29, 0.717) is 11.3 Å². The molecule has 0 aromatic heterocycles. The van der Waals surface area contributed by atoms with Crippen LogP contribution in [-0.4, -0.2) is 25.0 Å². The van der Waals surface area contributed by atoms with Gasteiger partial charge in [0, 0.05) is 12.6 Å². The lowest BCUT2D eigenvalue weighted by molar-refractivity contribution is -0.387. The molecule has 23 heavy (non-hydrogen) atoms. The Kier molecular flexibility index (Phi) is 4.55. The van der Waals surface area contributed by atoms with E-state index in [-0.39, 0.29) is 17.2 Å². The zero-order chi connectivity index (χ0) is 17.2. The van der Waals surface area contributed by atoms with Gasteiger partial charge in [0.1, 0.15) is 5.75 Å². The largest absolute Gasteiger partial charge is 0.508 e. The fourth-order valence-corrected chi connectivity index (χ4v) is 3.83. The summed E-state index contributed by atoms with van der Waals surface area (Å²) in [7, 11) is -4.10. The molecule has 0 amide bonds. The van der Waals surface area contributed by atoms with E-state index < -0.39 is 20.6 Å². The van der Waals surface area contributed by atoms with Crippen LogP contribution < -0.4 is 4.31 Å². The Balaban J connectivity index is 2.60. The lowest BCUT2D eigenvalue weighted by Crippen LogP contribution is -2.31. The standard InChI is InChI=1S/C15H16N2O5S/c1-3-16(12-5-7-13(18)8-6-12)23(21,22)15-9-4-11(2)10-14(15)17(19)20/h4-10,18H,3H2,1-2H3. The van der Waals surface area contributed by atoms with Crippen molar-refractivity contribution in [2.75, 3.05) is 10.8 Å². The maximum absolute atomic E-state index is 12.8. The van der Waals surface area contributed by atoms with E-state index in [4.69, 9.17) is 0 Å². The van der Waals surface area contributed by atoms with Crippen LogP contribution in [0.15, 0.2) is 47.4 Å². The van der Waals surface area contributed by atoms with Crippen molar-refractivity contribution < 1.29 is 18.4 Å². The van der Waals surface area contributed by atoms with Gasteiger partial charge in [-0.25, -0.2) is 8.42 Å². The van der Waals surface area contributed by atoms with Crippen molar-refractivity contribution in [3.8, 4) is 5.75 Å². The molecule has 0 fully saturated rings. The molecule has 2 rings (SSSR count). The molecule has 1 N–H and O–H groups in total. The number of hydrogen-bond donors (Lipinski definition) is 1. The molecule has 7 nitrogen and oxygen atoms in total. The molecule has 0 aliphatic rings. The van der Waals surface area contributed by atoms with Crippen molar-refractivity contribution in [3.63, 3.8) is 0 Å². The summed E-state index contributed by atoms with van der Waals surface area (Å²) in [6, 6.07) is 9.59. The van der Waals surface area contributed by atoms with E-state index in [0.717, 1.165) is 4.31 Å². The van der Waals surface area contributed by atoms with Gasteiger partial charge in [0.05, 0.1) is 10.6 Å². The van der Waals surface area contributed by atoms with Crippen LogP contribution in [0.4, 0.5) is 11.4 Å². The number of anilines is 1. The van der Waals surface area contributed by atoms with Crippen molar-refractivity contribution in [2.45, 2.75) is 18.7 Å². The Morgan fingerprint density at radius 1 is 1.17 bits per heavy atom. The average molecular weight is 336 g/mol. The van der Waals surface area contributed by atoms with Gasteiger partial charge >= 0.3 is 0 Å². The normalized spacial score (nSPS) is 11.2. The molecule has 2 aromatic carbocycles. The fourth-order valence-electron chi connectivity index (χ4n) is 2.22. The summed E-state index contributed by atoms with van der Waals surface area (Å²) in [5.41, 5.74) is 0.464. The minimum Gasteiger partial charge on any atom is -0.508 e. The van der Waals surface area contributed by atoms with Crippen molar-refractivity contribution in [2.24, 2.45) is 0 Å². The minimum atomic E-state index is -4.10. The molecule has 0 bridgehead atoms. The van der Waals surface area contributed by atoms with Crippen molar-refractivity contribution in [3.05, 3.63) is 58.1 Å². The van der Waals surface area contributed by atoms with E-state index >= 15 is 0 Å². The maximum Gasteiger partial charge on any atom is 0.290 e. The summed E-state index contributed by atoms with van der Waals surface area (Å²) in [4.78, 5) is 10.1. The number of rotatable bonds is 5. The second-order valence-corrected chi connectivity index (χ2v) is 6.75. The van der Waals surface area contributed by atoms with Crippen LogP contribution in [0, 0.1) is 17.0 Å². The molecular formula is C15H16N2O5S. The highest BCUT2D eigenvalue weighted by molar-refractivity contribution is 7.93. The predicted molar refractivity (Wildman–Crippen MR) is 86.1 cm³/mol. The Morgan fingerprint density at radius 2 is 1.78 bits per heavy atom. The lowest BCUT2D eigenvalue weighted by atomic mass is 10.2. The summed E-state index contributed by atoms with van der Waals surface area (Å²) in [5, 5.41) is 20.5. The first kappa shape index (κ1) is 16.8. The zero-order valence-corrected chi connectivity index (χ0v) is 13.4. The number of sulfonamides is 1. The summed E-state index contributed by atoms with van der Waals surface area (Å²) >= 11 is 0. The number of hydrogen-bond acceptors (Lipinski definition) is 5. The van der Waals surface area contributed by atoms with E-state index in [1.165, 1.54) is 42.5 Å². The van der Waals surface area contributed by atoms with Gasteiger partial charge in [-0.2, -0.15) is 0 Å². The number of phenolic OH excluding ortho intramolecular Hbond substituents is 1. The highest BCUT2D eigenvalue weighted by atomic mass is 32.2. The first-order valence-electron chi connectivity index (χ1n) is 6.84. The molecule has 0 heterocycles. The Hall–Kier alpha value is -2.61. The molecule has 2 aromatic rings. The van der Waals surface area contributed by atoms with Crippen LogP contribution in [0.2, 0.25) is 0 Å². The quantitative estimate of drug-likeness (QED) is 0.668. The second-order valence-electron chi connectivity index (χ2n) is 4.91. The molecule has 0 aliphatic heterocycles. The van der Waals surface area contributed by atoms with Gasteiger partial charge in [-0.3, -0.25) is 14.4 Å². The summed E-state index contributed by atoms with van der Waals surface area (Å²) in [5.74, 6) is 0.00326. The molecule has 0 saturated heterocycles. The number of aromatic hydroxyl groups is 1. The van der Waals surface area contributed by atoms with Crippen LogP contribution >= 0.6 is 0 Å². The van der Waals surface area contributed by atoms with E-state index in [2.05, 4.69) is 0 Å². The number of phenols is 1. The molecule has 0 radical (unpaired) electrons. The van der Waals surface area contributed by atoms with Gasteiger partial charge in [-0.15, -0.1) is 0 Å². The van der Waals surface area contributed by atoms with Crippen LogP contribution in [0.3, 0.4) is 0 Å². The molecule has 8 heteroatoms. The lowest BCUT2D eigenvalue weighted by Gasteiger charge is -2.22. The second kappa shape index (κ2) is 6.25. The Labute approximate surface area is 134 Å². The molecule has 0 spiro atoms. The highest BCUT2D eigenvalue weighted by Gasteiger charge is 2.31. The third kappa shape index (κ3) is 3.26. The molecular weight excluding hydrogens is 320 g/mol. The maximum atomic E-state index is 12.8. The first-order chi connectivity index (χ1) is 10.8. The predicted octanol–water partition coefficient (Wildman–Crippen LogP) is 2.82. The molecule has 0 aliphatic carbocycles. The van der Waals surface area contributed by atoms with Gasteiger partial charge in [-0.1, -0.05) is 6.07 Å². The number of nitro groups is 1. The molecule has 0 atom stereocenters. The monoisotopic (exact) mass is 336 g/mol. The summed E-state index contributed by atoms with van der Waals surface area (Å²) < 4.78 is 26.7. The number of nitro benzene ring substituents is 1. The zero-order valence-electron chi connectivity index (χ0n) is 12.6. The average Bonchev–Trinajstić information content (AvgIpc) is 2.49. The Bertz CT molecular complexity index is 831. The topological polar surface area (TPSA) is 101 Å². The summed E-state index contributed by atoms with van der Waals surface area (Å²) in [6.45, 7) is 3.38. The van der Waals surface area contributed by atoms with Crippen LogP contribution in [0.1, 0.15) is 12.5 Å². The van der Waals surface area contributed by atoms with Crippen LogP contribution in [-0.2, 0) is 10.0 Å². The number of nitrogens with zero attached hydrogens (tertiary/aromatic N) is 2. The SMILES string of the molecule is CCN(c1ccc(O)cc1)S(=O)(=O)c1ccc(C)cc1[N+](=O)[O-]. The van der Waals surface area contributed by atoms with Crippen molar-refractivity contribution in [1.82, 2.24) is 0 Å².